The van der Waals surface area contributed by atoms with E-state index in [2.05, 4.69) is 0 Å². The summed E-state index contributed by atoms with van der Waals surface area (Å²) in [5.74, 6) is -3.43. The van der Waals surface area contributed by atoms with E-state index in [-0.39, 0.29) is 0 Å². The zero-order chi connectivity index (χ0) is 31.0. The summed E-state index contributed by atoms with van der Waals surface area (Å²) < 4.78 is 23.5. The first-order valence-corrected chi connectivity index (χ1v) is 14.2. The molecule has 1 aliphatic heterocycles. The van der Waals surface area contributed by atoms with Gasteiger partial charge in [0, 0.05) is 11.5 Å². The van der Waals surface area contributed by atoms with Crippen molar-refractivity contribution in [1.29, 1.82) is 0 Å². The van der Waals surface area contributed by atoms with Crippen LogP contribution in [-0.2, 0) is 33.3 Å². The van der Waals surface area contributed by atoms with E-state index in [1.54, 1.807) is 12.1 Å². The van der Waals surface area contributed by atoms with Crippen LogP contribution in [0, 0.1) is 12.3 Å². The van der Waals surface area contributed by atoms with Crippen molar-refractivity contribution in [3.63, 3.8) is 0 Å². The molecule has 5 rings (SSSR count). The van der Waals surface area contributed by atoms with Crippen molar-refractivity contribution < 1.29 is 33.3 Å². The van der Waals surface area contributed by atoms with Gasteiger partial charge >= 0.3 is 17.5 Å². The van der Waals surface area contributed by atoms with Gasteiger partial charge in [0.2, 0.25) is 5.60 Å². The second-order valence-electron chi connectivity index (χ2n) is 11.9. The second-order valence-corrected chi connectivity index (χ2v) is 11.9. The van der Waals surface area contributed by atoms with E-state index in [0.29, 0.717) is 16.7 Å². The van der Waals surface area contributed by atoms with Crippen LogP contribution in [0.5, 0.6) is 0 Å². The third-order valence-electron chi connectivity index (χ3n) is 8.15. The van der Waals surface area contributed by atoms with Crippen molar-refractivity contribution >= 4 is 17.7 Å². The molecule has 7 nitrogen and oxygen atoms in total. The van der Waals surface area contributed by atoms with Crippen LogP contribution in [0.15, 0.2) is 108 Å². The third kappa shape index (κ3) is 4.92. The number of carbonyl (C=O) groups is 3. The Morgan fingerprint density at radius 1 is 0.767 bits per heavy atom. The molecule has 43 heavy (non-hydrogen) atoms. The fourth-order valence-corrected chi connectivity index (χ4v) is 5.89. The van der Waals surface area contributed by atoms with E-state index >= 15 is 0 Å². The third-order valence-corrected chi connectivity index (χ3v) is 8.15. The number of ketones is 1. The standard InChI is InChI=1S/C36H36O7/c1-23-17-19-26(20-18-23)31-42-35(36(43-31,32(38)40-5)33(39)41-6)28(21-27(22-29(35)37)34(2,3)4)30(24-13-9-7-10-14-24)25-15-11-8-12-16-25/h7-22,30-31H,1-6H3/t31-,35+/m1/s1. The summed E-state index contributed by atoms with van der Waals surface area (Å²) in [6.07, 6.45) is 2.04. The number of esters is 2. The highest BCUT2D eigenvalue weighted by molar-refractivity contribution is 6.17. The Kier molecular flexibility index (Phi) is 7.99. The van der Waals surface area contributed by atoms with Gasteiger partial charge in [0.1, 0.15) is 0 Å². The first kappa shape index (κ1) is 30.1. The van der Waals surface area contributed by atoms with Crippen LogP contribution in [0.25, 0.3) is 0 Å². The maximum Gasteiger partial charge on any atom is 0.354 e. The summed E-state index contributed by atoms with van der Waals surface area (Å²) in [6, 6.07) is 26.4. The summed E-state index contributed by atoms with van der Waals surface area (Å²) in [4.78, 5) is 42.8. The Balaban J connectivity index is 1.89. The zero-order valence-electron chi connectivity index (χ0n) is 25.3. The molecule has 0 saturated carbocycles. The molecule has 3 aromatic carbocycles. The van der Waals surface area contributed by atoms with Crippen LogP contribution in [0.3, 0.4) is 0 Å². The van der Waals surface area contributed by atoms with Crippen molar-refractivity contribution in [3.8, 4) is 0 Å². The highest BCUT2D eigenvalue weighted by Gasteiger charge is 2.77. The van der Waals surface area contributed by atoms with Crippen LogP contribution in [0.2, 0.25) is 0 Å². The fourth-order valence-electron chi connectivity index (χ4n) is 5.89. The molecule has 0 bridgehead atoms. The summed E-state index contributed by atoms with van der Waals surface area (Å²) in [6.45, 7) is 7.91. The molecule has 2 atom stereocenters. The van der Waals surface area contributed by atoms with Crippen molar-refractivity contribution in [3.05, 3.63) is 130 Å². The molecule has 0 N–H and O–H groups in total. The quantitative estimate of drug-likeness (QED) is 0.254. The number of hydrogen-bond donors (Lipinski definition) is 0. The monoisotopic (exact) mass is 580 g/mol. The van der Waals surface area contributed by atoms with E-state index in [1.165, 1.54) is 6.08 Å². The van der Waals surface area contributed by atoms with Gasteiger partial charge in [0.25, 0.3) is 0 Å². The molecule has 1 spiro atoms. The molecule has 1 aliphatic carbocycles. The van der Waals surface area contributed by atoms with Gasteiger partial charge in [-0.1, -0.05) is 117 Å². The molecule has 222 valence electrons. The number of methoxy groups -OCH3 is 2. The largest absolute Gasteiger partial charge is 0.466 e. The lowest BCUT2D eigenvalue weighted by molar-refractivity contribution is -0.191. The summed E-state index contributed by atoms with van der Waals surface area (Å²) in [5.41, 5.74) is -1.10. The summed E-state index contributed by atoms with van der Waals surface area (Å²) in [7, 11) is 2.28. The molecule has 1 saturated heterocycles. The van der Waals surface area contributed by atoms with E-state index in [9.17, 15) is 14.4 Å². The lowest BCUT2D eigenvalue weighted by Crippen LogP contribution is -2.68. The molecule has 3 aromatic rings. The van der Waals surface area contributed by atoms with Crippen LogP contribution in [0.4, 0.5) is 0 Å². The highest BCUT2D eigenvalue weighted by Crippen LogP contribution is 2.57. The van der Waals surface area contributed by atoms with Gasteiger partial charge in [0.05, 0.1) is 14.2 Å². The van der Waals surface area contributed by atoms with Gasteiger partial charge < -0.3 is 18.9 Å². The van der Waals surface area contributed by atoms with Crippen LogP contribution in [-0.4, -0.2) is 43.1 Å². The number of benzene rings is 3. The Bertz CT molecular complexity index is 1520. The summed E-state index contributed by atoms with van der Waals surface area (Å²) in [5, 5.41) is 0. The van der Waals surface area contributed by atoms with E-state index < -0.39 is 46.5 Å². The molecule has 0 aromatic heterocycles. The minimum absolute atomic E-state index is 0.368. The smallest absolute Gasteiger partial charge is 0.354 e. The van der Waals surface area contributed by atoms with Gasteiger partial charge in [-0.3, -0.25) is 4.79 Å². The van der Waals surface area contributed by atoms with E-state index in [4.69, 9.17) is 18.9 Å². The Hall–Kier alpha value is -4.33. The lowest BCUT2D eigenvalue weighted by Gasteiger charge is -2.43. The van der Waals surface area contributed by atoms with Crippen molar-refractivity contribution in [2.24, 2.45) is 5.41 Å². The molecule has 1 fully saturated rings. The molecule has 1 heterocycles. The van der Waals surface area contributed by atoms with E-state index in [0.717, 1.165) is 30.9 Å². The molecule has 7 heteroatoms. The summed E-state index contributed by atoms with van der Waals surface area (Å²) >= 11 is 0. The minimum Gasteiger partial charge on any atom is -0.466 e. The molecular weight excluding hydrogens is 544 g/mol. The average molecular weight is 581 g/mol. The lowest BCUT2D eigenvalue weighted by atomic mass is 9.63. The zero-order valence-corrected chi connectivity index (χ0v) is 25.3. The maximum absolute atomic E-state index is 14.8. The predicted octanol–water partition coefficient (Wildman–Crippen LogP) is 6.18. The fraction of sp³-hybridized carbons (Fsp3) is 0.306. The first-order valence-electron chi connectivity index (χ1n) is 14.2. The molecule has 0 amide bonds. The normalized spacial score (nSPS) is 21.4. The first-order chi connectivity index (χ1) is 20.5. The number of hydrogen-bond acceptors (Lipinski definition) is 7. The van der Waals surface area contributed by atoms with Crippen LogP contribution >= 0.6 is 0 Å². The van der Waals surface area contributed by atoms with Gasteiger partial charge in [-0.25, -0.2) is 9.59 Å². The van der Waals surface area contributed by atoms with Crippen molar-refractivity contribution in [2.45, 2.75) is 51.1 Å². The molecule has 2 aliphatic rings. The Morgan fingerprint density at radius 3 is 1.74 bits per heavy atom. The number of aryl methyl sites for hydroxylation is 1. The Labute approximate surface area is 252 Å². The predicted molar refractivity (Wildman–Crippen MR) is 161 cm³/mol. The molecule has 0 unspecified atom stereocenters. The number of allylic oxidation sites excluding steroid dienone is 2. The van der Waals surface area contributed by atoms with Crippen LogP contribution in [0.1, 0.15) is 55.2 Å². The average Bonchev–Trinajstić information content (AvgIpc) is 3.37. The Morgan fingerprint density at radius 2 is 1.28 bits per heavy atom. The van der Waals surface area contributed by atoms with E-state index in [1.807, 2.05) is 107 Å². The highest BCUT2D eigenvalue weighted by atomic mass is 16.8. The van der Waals surface area contributed by atoms with Gasteiger partial charge in [0.15, 0.2) is 12.1 Å². The number of ether oxygens (including phenoxy) is 4. The van der Waals surface area contributed by atoms with Crippen molar-refractivity contribution in [2.75, 3.05) is 14.2 Å². The maximum atomic E-state index is 14.8. The topological polar surface area (TPSA) is 88.1 Å². The SMILES string of the molecule is COC(=O)C1(C(=O)OC)O[C@H](c2ccc(C)cc2)O[C@@]12C(=O)C=C(C(C)(C)C)C=C2C(c1ccccc1)c1ccccc1. The second kappa shape index (κ2) is 11.4. The number of rotatable bonds is 6. The van der Waals surface area contributed by atoms with Crippen LogP contribution < -0.4 is 0 Å². The van der Waals surface area contributed by atoms with Gasteiger partial charge in [-0.2, -0.15) is 0 Å². The number of carbonyl (C=O) groups excluding carboxylic acids is 3. The van der Waals surface area contributed by atoms with Gasteiger partial charge in [-0.15, -0.1) is 0 Å². The minimum atomic E-state index is -2.61. The molecule has 0 radical (unpaired) electrons. The van der Waals surface area contributed by atoms with Gasteiger partial charge in [-0.05, 0) is 40.7 Å². The van der Waals surface area contributed by atoms with Crippen molar-refractivity contribution in [1.82, 2.24) is 0 Å². The molecular formula is C36H36O7.